The minimum atomic E-state index is -0.0955. The number of methoxy groups -OCH3 is 1. The third-order valence-corrected chi connectivity index (χ3v) is 3.62. The van der Waals surface area contributed by atoms with Crippen LogP contribution < -0.4 is 10.1 Å². The maximum atomic E-state index is 12.3. The van der Waals surface area contributed by atoms with Gasteiger partial charge < -0.3 is 10.1 Å². The zero-order chi connectivity index (χ0) is 15.1. The summed E-state index contributed by atoms with van der Waals surface area (Å²) in [7, 11) is 1.57. The molecule has 3 heteroatoms. The molecular formula is C18H21NO2. The van der Waals surface area contributed by atoms with Crippen molar-refractivity contribution in [2.24, 2.45) is 0 Å². The summed E-state index contributed by atoms with van der Waals surface area (Å²) in [5, 5.41) is 3.00. The Morgan fingerprint density at radius 2 is 1.76 bits per heavy atom. The van der Waals surface area contributed by atoms with Gasteiger partial charge in [0.1, 0.15) is 5.75 Å². The van der Waals surface area contributed by atoms with Crippen LogP contribution in [0.4, 0.5) is 0 Å². The van der Waals surface area contributed by atoms with Gasteiger partial charge in [0, 0.05) is 12.5 Å². The second kappa shape index (κ2) is 7.48. The molecule has 110 valence electrons. The first-order valence-electron chi connectivity index (χ1n) is 7.22. The summed E-state index contributed by atoms with van der Waals surface area (Å²) in [4.78, 5) is 12.3. The van der Waals surface area contributed by atoms with Crippen LogP contribution in [-0.2, 0) is 0 Å². The zero-order valence-electron chi connectivity index (χ0n) is 12.5. The molecule has 21 heavy (non-hydrogen) atoms. The fraction of sp³-hybridized carbons (Fsp3) is 0.278. The summed E-state index contributed by atoms with van der Waals surface area (Å²) >= 11 is 0. The van der Waals surface area contributed by atoms with Gasteiger partial charge in [-0.15, -0.1) is 0 Å². The highest BCUT2D eigenvalue weighted by Crippen LogP contribution is 2.20. The molecule has 0 bridgehead atoms. The predicted octanol–water partition coefficient (Wildman–Crippen LogP) is 3.62. The van der Waals surface area contributed by atoms with Crippen molar-refractivity contribution < 1.29 is 9.53 Å². The molecule has 0 saturated carbocycles. The second-order valence-electron chi connectivity index (χ2n) is 4.93. The highest BCUT2D eigenvalue weighted by Gasteiger charge is 2.14. The highest BCUT2D eigenvalue weighted by atomic mass is 16.5. The van der Waals surface area contributed by atoms with E-state index in [1.807, 2.05) is 30.3 Å². The molecule has 1 atom stereocenters. The summed E-state index contributed by atoms with van der Waals surface area (Å²) in [6.45, 7) is 2.75. The molecule has 0 spiro atoms. The number of ether oxygens (including phenoxy) is 1. The van der Waals surface area contributed by atoms with Crippen LogP contribution >= 0.6 is 0 Å². The van der Waals surface area contributed by atoms with E-state index >= 15 is 0 Å². The summed E-state index contributed by atoms with van der Waals surface area (Å²) in [5.41, 5.74) is 1.82. The van der Waals surface area contributed by atoms with E-state index in [0.717, 1.165) is 6.42 Å². The third kappa shape index (κ3) is 3.85. The lowest BCUT2D eigenvalue weighted by Crippen LogP contribution is -2.28. The Morgan fingerprint density at radius 3 is 2.43 bits per heavy atom. The smallest absolute Gasteiger partial charge is 0.255 e. The predicted molar refractivity (Wildman–Crippen MR) is 84.8 cm³/mol. The molecule has 0 fully saturated rings. The Balaban J connectivity index is 2.03. The van der Waals surface area contributed by atoms with Gasteiger partial charge >= 0.3 is 0 Å². The number of carbonyl (C=O) groups excluding carboxylic acids is 1. The molecule has 2 aromatic rings. The highest BCUT2D eigenvalue weighted by molar-refractivity contribution is 5.96. The lowest BCUT2D eigenvalue weighted by atomic mass is 9.96. The Hall–Kier alpha value is -2.29. The summed E-state index contributed by atoms with van der Waals surface area (Å²) < 4.78 is 5.22. The number of amides is 1. The van der Waals surface area contributed by atoms with Gasteiger partial charge in [-0.05, 0) is 24.1 Å². The molecule has 2 rings (SSSR count). The van der Waals surface area contributed by atoms with Crippen molar-refractivity contribution in [3.63, 3.8) is 0 Å². The van der Waals surface area contributed by atoms with E-state index < -0.39 is 0 Å². The number of nitrogens with one attached hydrogen (secondary N) is 1. The summed E-state index contributed by atoms with van der Waals surface area (Å²) in [6.07, 6.45) is 0.982. The van der Waals surface area contributed by atoms with Crippen LogP contribution in [0.5, 0.6) is 5.75 Å². The van der Waals surface area contributed by atoms with Crippen molar-refractivity contribution in [2.45, 2.75) is 19.3 Å². The quantitative estimate of drug-likeness (QED) is 0.879. The Labute approximate surface area is 126 Å². The van der Waals surface area contributed by atoms with Crippen molar-refractivity contribution in [2.75, 3.05) is 13.7 Å². The molecule has 3 nitrogen and oxygen atoms in total. The first-order valence-corrected chi connectivity index (χ1v) is 7.22. The van der Waals surface area contributed by atoms with Gasteiger partial charge in [0.15, 0.2) is 0 Å². The maximum absolute atomic E-state index is 12.3. The van der Waals surface area contributed by atoms with E-state index in [1.165, 1.54) is 5.56 Å². The topological polar surface area (TPSA) is 38.3 Å². The maximum Gasteiger partial charge on any atom is 0.255 e. The molecule has 0 saturated heterocycles. The van der Waals surface area contributed by atoms with Gasteiger partial charge in [0.2, 0.25) is 0 Å². The van der Waals surface area contributed by atoms with Crippen LogP contribution in [0, 0.1) is 0 Å². The average Bonchev–Trinajstić information content (AvgIpc) is 2.56. The van der Waals surface area contributed by atoms with Crippen molar-refractivity contribution in [3.05, 3.63) is 65.7 Å². The molecule has 0 heterocycles. The number of rotatable bonds is 6. The van der Waals surface area contributed by atoms with Crippen LogP contribution in [0.2, 0.25) is 0 Å². The lowest BCUT2D eigenvalue weighted by Gasteiger charge is -2.16. The molecule has 0 aliphatic carbocycles. The van der Waals surface area contributed by atoms with Crippen LogP contribution in [-0.4, -0.2) is 19.6 Å². The summed E-state index contributed by atoms with van der Waals surface area (Å²) in [5.74, 6) is 0.828. The number of hydrogen-bond donors (Lipinski definition) is 1. The Bertz CT molecular complexity index is 581. The van der Waals surface area contributed by atoms with Crippen molar-refractivity contribution >= 4 is 5.91 Å². The van der Waals surface area contributed by atoms with Crippen molar-refractivity contribution in [1.29, 1.82) is 0 Å². The van der Waals surface area contributed by atoms with Gasteiger partial charge in [-0.2, -0.15) is 0 Å². The van der Waals surface area contributed by atoms with Crippen molar-refractivity contribution in [3.8, 4) is 5.75 Å². The number of carbonyl (C=O) groups is 1. The zero-order valence-corrected chi connectivity index (χ0v) is 12.5. The second-order valence-corrected chi connectivity index (χ2v) is 4.93. The molecule has 0 aliphatic rings. The molecule has 0 aromatic heterocycles. The number of hydrogen-bond acceptors (Lipinski definition) is 2. The van der Waals surface area contributed by atoms with Gasteiger partial charge in [-0.1, -0.05) is 49.4 Å². The van der Waals surface area contributed by atoms with E-state index in [9.17, 15) is 4.79 Å². The van der Waals surface area contributed by atoms with Gasteiger partial charge in [-0.25, -0.2) is 0 Å². The molecule has 0 aliphatic heterocycles. The molecule has 0 unspecified atom stereocenters. The van der Waals surface area contributed by atoms with E-state index in [1.54, 1.807) is 19.2 Å². The van der Waals surface area contributed by atoms with Gasteiger partial charge in [0.25, 0.3) is 5.91 Å². The lowest BCUT2D eigenvalue weighted by molar-refractivity contribution is 0.0948. The SMILES string of the molecule is CC[C@@H](CNC(=O)c1ccccc1OC)c1ccccc1. The van der Waals surface area contributed by atoms with Crippen LogP contribution in [0.15, 0.2) is 54.6 Å². The third-order valence-electron chi connectivity index (χ3n) is 3.62. The first-order chi connectivity index (χ1) is 10.3. The number of para-hydroxylation sites is 1. The number of benzene rings is 2. The molecule has 2 aromatic carbocycles. The minimum Gasteiger partial charge on any atom is -0.496 e. The Morgan fingerprint density at radius 1 is 1.10 bits per heavy atom. The molecule has 0 radical (unpaired) electrons. The van der Waals surface area contributed by atoms with Gasteiger partial charge in [-0.3, -0.25) is 4.79 Å². The van der Waals surface area contributed by atoms with E-state index in [-0.39, 0.29) is 5.91 Å². The first kappa shape index (κ1) is 15.1. The Kier molecular flexibility index (Phi) is 5.38. The summed E-state index contributed by atoms with van der Waals surface area (Å²) in [6, 6.07) is 17.5. The van der Waals surface area contributed by atoms with Crippen LogP contribution in [0.1, 0.15) is 35.2 Å². The van der Waals surface area contributed by atoms with E-state index in [2.05, 4.69) is 24.4 Å². The molecule has 1 N–H and O–H groups in total. The standard InChI is InChI=1S/C18H21NO2/c1-3-14(15-9-5-4-6-10-15)13-19-18(20)16-11-7-8-12-17(16)21-2/h4-12,14H,3,13H2,1-2H3,(H,19,20)/t14-/m0/s1. The van der Waals surface area contributed by atoms with Crippen LogP contribution in [0.3, 0.4) is 0 Å². The van der Waals surface area contributed by atoms with Gasteiger partial charge in [0.05, 0.1) is 12.7 Å². The molecular weight excluding hydrogens is 262 g/mol. The fourth-order valence-corrected chi connectivity index (χ4v) is 2.37. The fourth-order valence-electron chi connectivity index (χ4n) is 2.37. The van der Waals surface area contributed by atoms with Crippen LogP contribution in [0.25, 0.3) is 0 Å². The minimum absolute atomic E-state index is 0.0955. The van der Waals surface area contributed by atoms with E-state index in [0.29, 0.717) is 23.8 Å². The average molecular weight is 283 g/mol. The normalized spacial score (nSPS) is 11.7. The van der Waals surface area contributed by atoms with Crippen molar-refractivity contribution in [1.82, 2.24) is 5.32 Å². The molecule has 1 amide bonds. The largest absolute Gasteiger partial charge is 0.496 e. The van der Waals surface area contributed by atoms with E-state index in [4.69, 9.17) is 4.74 Å². The monoisotopic (exact) mass is 283 g/mol.